The Hall–Kier alpha value is -1.88. The van der Waals surface area contributed by atoms with Crippen LogP contribution in [0.25, 0.3) is 0 Å². The van der Waals surface area contributed by atoms with E-state index in [0.717, 1.165) is 0 Å². The van der Waals surface area contributed by atoms with Gasteiger partial charge in [0.15, 0.2) is 12.4 Å². The molecule has 0 saturated carbocycles. The number of benzene rings is 1. The number of carboxylic acid groups (broad SMARTS) is 1. The third-order valence-electron chi connectivity index (χ3n) is 2.15. The summed E-state index contributed by atoms with van der Waals surface area (Å²) in [5.41, 5.74) is 0.980. The quantitative estimate of drug-likeness (QED) is 0.743. The number of carboxylic acids is 1. The van der Waals surface area contributed by atoms with Crippen molar-refractivity contribution in [1.29, 1.82) is 0 Å². The van der Waals surface area contributed by atoms with Gasteiger partial charge in [0.2, 0.25) is 0 Å². The predicted octanol–water partition coefficient (Wildman–Crippen LogP) is 0.934. The minimum Gasteiger partial charge on any atom is -0.496 e. The molecular formula is C11H12O5. The zero-order valence-electron chi connectivity index (χ0n) is 8.93. The van der Waals surface area contributed by atoms with Gasteiger partial charge in [0.05, 0.1) is 12.7 Å². The summed E-state index contributed by atoms with van der Waals surface area (Å²) in [4.78, 5) is 21.5. The van der Waals surface area contributed by atoms with Crippen molar-refractivity contribution < 1.29 is 24.5 Å². The molecule has 0 amide bonds. The lowest BCUT2D eigenvalue weighted by Gasteiger charge is -2.14. The Balaban J connectivity index is 3.41. The smallest absolute Gasteiger partial charge is 0.337 e. The largest absolute Gasteiger partial charge is 0.496 e. The van der Waals surface area contributed by atoms with Gasteiger partial charge in [-0.3, -0.25) is 4.79 Å². The highest BCUT2D eigenvalue weighted by Crippen LogP contribution is 2.29. The highest BCUT2D eigenvalue weighted by molar-refractivity contribution is 5.83. The van der Waals surface area contributed by atoms with E-state index >= 15 is 0 Å². The lowest BCUT2D eigenvalue weighted by Crippen LogP contribution is -2.13. The van der Waals surface area contributed by atoms with E-state index in [1.165, 1.54) is 13.2 Å². The maximum Gasteiger partial charge on any atom is 0.337 e. The number of rotatable bonds is 4. The molecule has 1 unspecified atom stereocenters. The number of aliphatic hydroxyl groups excluding tert-OH is 1. The summed E-state index contributed by atoms with van der Waals surface area (Å²) < 4.78 is 4.94. The normalized spacial score (nSPS) is 11.9. The molecule has 2 N–H and O–H groups in total. The van der Waals surface area contributed by atoms with Gasteiger partial charge >= 0.3 is 5.97 Å². The number of hydrogen-bond acceptors (Lipinski definition) is 4. The third kappa shape index (κ3) is 2.20. The summed E-state index contributed by atoms with van der Waals surface area (Å²) in [7, 11) is 1.32. The van der Waals surface area contributed by atoms with Crippen molar-refractivity contribution in [2.45, 2.75) is 13.0 Å². The van der Waals surface area contributed by atoms with Gasteiger partial charge in [0.25, 0.3) is 0 Å². The van der Waals surface area contributed by atoms with Crippen LogP contribution in [0.4, 0.5) is 0 Å². The Bertz CT molecular complexity index is 425. The molecule has 16 heavy (non-hydrogen) atoms. The molecule has 5 heteroatoms. The fourth-order valence-corrected chi connectivity index (χ4v) is 1.49. The van der Waals surface area contributed by atoms with Crippen molar-refractivity contribution in [2.75, 3.05) is 7.11 Å². The van der Waals surface area contributed by atoms with Crippen LogP contribution in [-0.4, -0.2) is 29.6 Å². The second-order valence-electron chi connectivity index (χ2n) is 3.34. The second kappa shape index (κ2) is 4.76. The van der Waals surface area contributed by atoms with Gasteiger partial charge in [-0.15, -0.1) is 0 Å². The molecule has 86 valence electrons. The van der Waals surface area contributed by atoms with Gasteiger partial charge < -0.3 is 14.9 Å². The minimum absolute atomic E-state index is 0.0806. The van der Waals surface area contributed by atoms with Gasteiger partial charge in [-0.1, -0.05) is 0 Å². The molecule has 1 atom stereocenters. The zero-order chi connectivity index (χ0) is 12.3. The molecule has 5 nitrogen and oxygen atoms in total. The Kier molecular flexibility index (Phi) is 3.63. The number of methoxy groups -OCH3 is 1. The van der Waals surface area contributed by atoms with E-state index in [1.54, 1.807) is 13.0 Å². The fourth-order valence-electron chi connectivity index (χ4n) is 1.49. The van der Waals surface area contributed by atoms with Crippen molar-refractivity contribution in [3.05, 3.63) is 28.8 Å². The van der Waals surface area contributed by atoms with E-state index in [9.17, 15) is 14.7 Å². The summed E-state index contributed by atoms with van der Waals surface area (Å²) in [5.74, 6) is -1.30. The molecule has 0 aliphatic heterocycles. The first kappa shape index (κ1) is 12.2. The maximum atomic E-state index is 10.8. The molecule has 0 bridgehead atoms. The van der Waals surface area contributed by atoms with Crippen LogP contribution in [-0.2, 0) is 4.79 Å². The molecule has 1 rings (SSSR count). The summed E-state index contributed by atoms with van der Waals surface area (Å²) in [5, 5.41) is 18.2. The summed E-state index contributed by atoms with van der Waals surface area (Å²) in [6.07, 6.45) is -1.14. The molecule has 1 aromatic carbocycles. The van der Waals surface area contributed by atoms with E-state index in [1.807, 2.05) is 0 Å². The summed E-state index contributed by atoms with van der Waals surface area (Å²) in [6.45, 7) is 1.70. The average molecular weight is 224 g/mol. The van der Waals surface area contributed by atoms with Crippen molar-refractivity contribution in [3.63, 3.8) is 0 Å². The predicted molar refractivity (Wildman–Crippen MR) is 55.7 cm³/mol. The summed E-state index contributed by atoms with van der Waals surface area (Å²) in [6, 6.07) is 3.04. The minimum atomic E-state index is -1.70. The molecule has 0 aliphatic rings. The van der Waals surface area contributed by atoms with Gasteiger partial charge in [0, 0.05) is 5.56 Å². The Morgan fingerprint density at radius 1 is 1.50 bits per heavy atom. The number of hydrogen-bond donors (Lipinski definition) is 2. The van der Waals surface area contributed by atoms with Crippen LogP contribution >= 0.6 is 0 Å². The number of aliphatic carboxylic acids is 1. The van der Waals surface area contributed by atoms with E-state index in [0.29, 0.717) is 11.8 Å². The van der Waals surface area contributed by atoms with Gasteiger partial charge in [-0.25, -0.2) is 4.79 Å². The standard InChI is InChI=1S/C11H12O5/c1-6-3-7(5-12)10(16-2)8(4-6)9(13)11(14)15/h3-5,9,13H,1-2H3,(H,14,15). The highest BCUT2D eigenvalue weighted by Gasteiger charge is 2.22. The van der Waals surface area contributed by atoms with Crippen molar-refractivity contribution in [1.82, 2.24) is 0 Å². The zero-order valence-corrected chi connectivity index (χ0v) is 8.93. The SMILES string of the molecule is COc1c(C=O)cc(C)cc1C(O)C(=O)O. The van der Waals surface area contributed by atoms with Crippen molar-refractivity contribution in [2.24, 2.45) is 0 Å². The van der Waals surface area contributed by atoms with E-state index < -0.39 is 12.1 Å². The van der Waals surface area contributed by atoms with Crippen LogP contribution in [0.2, 0.25) is 0 Å². The Labute approximate surface area is 92.3 Å². The lowest BCUT2D eigenvalue weighted by molar-refractivity contribution is -0.147. The first-order valence-electron chi connectivity index (χ1n) is 4.55. The van der Waals surface area contributed by atoms with E-state index in [-0.39, 0.29) is 16.9 Å². The number of aldehydes is 1. The molecule has 0 spiro atoms. The average Bonchev–Trinajstić information content (AvgIpc) is 2.26. The van der Waals surface area contributed by atoms with E-state index in [2.05, 4.69) is 0 Å². The first-order chi connectivity index (χ1) is 7.51. The number of ether oxygens (including phenoxy) is 1. The molecular weight excluding hydrogens is 212 g/mol. The second-order valence-corrected chi connectivity index (χ2v) is 3.34. The number of aryl methyl sites for hydroxylation is 1. The van der Waals surface area contributed by atoms with Crippen molar-refractivity contribution in [3.8, 4) is 5.75 Å². The van der Waals surface area contributed by atoms with Crippen LogP contribution in [0.15, 0.2) is 12.1 Å². The molecule has 1 aromatic rings. The van der Waals surface area contributed by atoms with Crippen LogP contribution < -0.4 is 4.74 Å². The van der Waals surface area contributed by atoms with Crippen LogP contribution in [0, 0.1) is 6.92 Å². The number of aliphatic hydroxyl groups is 1. The maximum absolute atomic E-state index is 10.8. The van der Waals surface area contributed by atoms with Crippen LogP contribution in [0.5, 0.6) is 5.75 Å². The topological polar surface area (TPSA) is 83.8 Å². The van der Waals surface area contributed by atoms with Gasteiger partial charge in [0.1, 0.15) is 5.75 Å². The van der Waals surface area contributed by atoms with Gasteiger partial charge in [-0.2, -0.15) is 0 Å². The van der Waals surface area contributed by atoms with Crippen molar-refractivity contribution >= 4 is 12.3 Å². The Morgan fingerprint density at radius 2 is 2.12 bits per heavy atom. The summed E-state index contributed by atoms with van der Waals surface area (Å²) >= 11 is 0. The first-order valence-corrected chi connectivity index (χ1v) is 4.55. The highest BCUT2D eigenvalue weighted by atomic mass is 16.5. The monoisotopic (exact) mass is 224 g/mol. The van der Waals surface area contributed by atoms with Crippen LogP contribution in [0.3, 0.4) is 0 Å². The Morgan fingerprint density at radius 3 is 2.56 bits per heavy atom. The fraction of sp³-hybridized carbons (Fsp3) is 0.273. The molecule has 0 fully saturated rings. The van der Waals surface area contributed by atoms with E-state index in [4.69, 9.17) is 9.84 Å². The number of carbonyl (C=O) groups is 2. The molecule has 0 heterocycles. The lowest BCUT2D eigenvalue weighted by atomic mass is 10.0. The van der Waals surface area contributed by atoms with Gasteiger partial charge in [-0.05, 0) is 24.6 Å². The third-order valence-corrected chi connectivity index (χ3v) is 2.15. The molecule has 0 radical (unpaired) electrons. The molecule has 0 saturated heterocycles. The number of carbonyl (C=O) groups excluding carboxylic acids is 1. The van der Waals surface area contributed by atoms with Crippen LogP contribution in [0.1, 0.15) is 27.6 Å². The molecule has 0 aliphatic carbocycles. The molecule has 0 aromatic heterocycles.